The monoisotopic (exact) mass is 236 g/mol. The Morgan fingerprint density at radius 3 is 2.88 bits per heavy atom. The van der Waals surface area contributed by atoms with Crippen LogP contribution in [0.5, 0.6) is 0 Å². The maximum absolute atomic E-state index is 11.9. The first-order valence-corrected chi connectivity index (χ1v) is 6.14. The molecule has 0 unspecified atom stereocenters. The maximum Gasteiger partial charge on any atom is 0.240 e. The van der Waals surface area contributed by atoms with Gasteiger partial charge in [0.2, 0.25) is 5.91 Å². The van der Waals surface area contributed by atoms with E-state index in [4.69, 9.17) is 5.73 Å². The predicted molar refractivity (Wildman–Crippen MR) is 65.2 cm³/mol. The molecule has 1 saturated carbocycles. The third kappa shape index (κ3) is 2.34. The van der Waals surface area contributed by atoms with Gasteiger partial charge in [-0.25, -0.2) is 0 Å². The molecule has 1 fully saturated rings. The van der Waals surface area contributed by atoms with Crippen molar-refractivity contribution in [3.8, 4) is 0 Å². The number of hydrogen-bond donors (Lipinski definition) is 2. The summed E-state index contributed by atoms with van der Waals surface area (Å²) >= 11 is 0. The Hall–Kier alpha value is -1.36. The molecule has 0 spiro atoms. The molecule has 1 amide bonds. The Morgan fingerprint density at radius 1 is 1.65 bits per heavy atom. The molecule has 0 aromatic carbocycles. The van der Waals surface area contributed by atoms with E-state index in [0.717, 1.165) is 36.9 Å². The van der Waals surface area contributed by atoms with Gasteiger partial charge in [0.1, 0.15) is 0 Å². The van der Waals surface area contributed by atoms with E-state index >= 15 is 0 Å². The second kappa shape index (κ2) is 4.49. The molecule has 1 aromatic rings. The molecule has 3 N–H and O–H groups in total. The summed E-state index contributed by atoms with van der Waals surface area (Å²) in [7, 11) is 1.89. The van der Waals surface area contributed by atoms with E-state index < -0.39 is 5.54 Å². The van der Waals surface area contributed by atoms with Gasteiger partial charge in [-0.05, 0) is 25.7 Å². The van der Waals surface area contributed by atoms with Crippen LogP contribution < -0.4 is 11.1 Å². The molecule has 1 heterocycles. The first kappa shape index (κ1) is 12.1. The summed E-state index contributed by atoms with van der Waals surface area (Å²) in [5.41, 5.74) is 7.45. The van der Waals surface area contributed by atoms with E-state index in [1.54, 1.807) is 4.68 Å². The van der Waals surface area contributed by atoms with E-state index in [0.29, 0.717) is 6.54 Å². The van der Waals surface area contributed by atoms with Crippen LogP contribution in [0.15, 0.2) is 6.20 Å². The van der Waals surface area contributed by atoms with E-state index in [1.165, 1.54) is 0 Å². The van der Waals surface area contributed by atoms with Crippen LogP contribution in [0, 0.1) is 0 Å². The zero-order valence-corrected chi connectivity index (χ0v) is 10.5. The molecule has 5 heteroatoms. The first-order valence-electron chi connectivity index (χ1n) is 6.14. The summed E-state index contributed by atoms with van der Waals surface area (Å²) in [5.74, 6) is -0.0327. The van der Waals surface area contributed by atoms with Crippen LogP contribution in [-0.4, -0.2) is 21.2 Å². The predicted octanol–water partition coefficient (Wildman–Crippen LogP) is 0.480. The molecule has 1 aromatic heterocycles. The average Bonchev–Trinajstić information content (AvgIpc) is 2.63. The van der Waals surface area contributed by atoms with E-state index in [9.17, 15) is 4.79 Å². The minimum absolute atomic E-state index is 0.0327. The summed E-state index contributed by atoms with van der Waals surface area (Å²) in [6.07, 6.45) is 5.47. The van der Waals surface area contributed by atoms with Crippen LogP contribution in [0.1, 0.15) is 37.4 Å². The normalized spacial score (nSPS) is 17.6. The molecule has 0 aliphatic heterocycles. The van der Waals surface area contributed by atoms with Gasteiger partial charge < -0.3 is 11.1 Å². The zero-order valence-electron chi connectivity index (χ0n) is 10.5. The van der Waals surface area contributed by atoms with Gasteiger partial charge in [-0.2, -0.15) is 5.10 Å². The van der Waals surface area contributed by atoms with Crippen LogP contribution in [0.2, 0.25) is 0 Å². The lowest BCUT2D eigenvalue weighted by molar-refractivity contribution is -0.129. The zero-order chi connectivity index (χ0) is 12.5. The van der Waals surface area contributed by atoms with E-state index in [2.05, 4.69) is 17.3 Å². The Morgan fingerprint density at radius 2 is 2.35 bits per heavy atom. The van der Waals surface area contributed by atoms with Gasteiger partial charge in [-0.1, -0.05) is 6.92 Å². The highest BCUT2D eigenvalue weighted by molar-refractivity contribution is 5.86. The molecule has 17 heavy (non-hydrogen) atoms. The second-order valence-corrected chi connectivity index (χ2v) is 4.82. The third-order valence-electron chi connectivity index (χ3n) is 3.46. The highest BCUT2D eigenvalue weighted by atomic mass is 16.2. The highest BCUT2D eigenvalue weighted by Gasteiger charge is 2.39. The van der Waals surface area contributed by atoms with Gasteiger partial charge in [0.15, 0.2) is 0 Å². The number of nitrogens with zero attached hydrogens (tertiary/aromatic N) is 2. The molecular formula is C12H20N4O. The Bertz CT molecular complexity index is 420. The largest absolute Gasteiger partial charge is 0.350 e. The second-order valence-electron chi connectivity index (χ2n) is 4.82. The number of hydrogen-bond acceptors (Lipinski definition) is 3. The van der Waals surface area contributed by atoms with Crippen molar-refractivity contribution in [3.05, 3.63) is 17.5 Å². The molecule has 94 valence electrons. The summed E-state index contributed by atoms with van der Waals surface area (Å²) in [4.78, 5) is 11.9. The fourth-order valence-electron chi connectivity index (χ4n) is 2.17. The molecule has 0 radical (unpaired) electrons. The molecule has 0 bridgehead atoms. The quantitative estimate of drug-likeness (QED) is 0.798. The van der Waals surface area contributed by atoms with Gasteiger partial charge in [-0.3, -0.25) is 9.48 Å². The number of rotatable bonds is 4. The molecule has 2 rings (SSSR count). The summed E-state index contributed by atoms with van der Waals surface area (Å²) < 4.78 is 1.78. The van der Waals surface area contributed by atoms with Crippen molar-refractivity contribution in [1.82, 2.24) is 15.1 Å². The lowest BCUT2D eigenvalue weighted by Gasteiger charge is -2.36. The summed E-state index contributed by atoms with van der Waals surface area (Å²) in [6, 6.07) is 0. The van der Waals surface area contributed by atoms with Crippen molar-refractivity contribution < 1.29 is 4.79 Å². The Kier molecular flexibility index (Phi) is 3.19. The van der Waals surface area contributed by atoms with Crippen molar-refractivity contribution >= 4 is 5.91 Å². The third-order valence-corrected chi connectivity index (χ3v) is 3.46. The molecule has 1 aliphatic rings. The van der Waals surface area contributed by atoms with Crippen molar-refractivity contribution in [2.24, 2.45) is 12.8 Å². The van der Waals surface area contributed by atoms with Crippen LogP contribution in [-0.2, 0) is 24.8 Å². The number of nitrogens with one attached hydrogen (secondary N) is 1. The van der Waals surface area contributed by atoms with Crippen molar-refractivity contribution in [2.45, 2.75) is 44.7 Å². The number of amides is 1. The highest BCUT2D eigenvalue weighted by Crippen LogP contribution is 2.29. The topological polar surface area (TPSA) is 72.9 Å². The van der Waals surface area contributed by atoms with Gasteiger partial charge in [0.25, 0.3) is 0 Å². The average molecular weight is 236 g/mol. The molecule has 0 atom stereocenters. The van der Waals surface area contributed by atoms with Gasteiger partial charge in [-0.15, -0.1) is 0 Å². The lowest BCUT2D eigenvalue weighted by atomic mass is 9.77. The minimum atomic E-state index is -0.616. The van der Waals surface area contributed by atoms with Crippen LogP contribution in [0.3, 0.4) is 0 Å². The minimum Gasteiger partial charge on any atom is -0.350 e. The fourth-order valence-corrected chi connectivity index (χ4v) is 2.17. The number of aryl methyl sites for hydroxylation is 2. The van der Waals surface area contributed by atoms with Crippen molar-refractivity contribution in [3.63, 3.8) is 0 Å². The maximum atomic E-state index is 11.9. The first-order chi connectivity index (χ1) is 8.05. The van der Waals surface area contributed by atoms with Crippen LogP contribution in [0.4, 0.5) is 0 Å². The SMILES string of the molecule is CCc1nn(C)cc1CNC(=O)C1(N)CCC1. The molecule has 1 aliphatic carbocycles. The van der Waals surface area contributed by atoms with Crippen LogP contribution >= 0.6 is 0 Å². The van der Waals surface area contributed by atoms with Crippen molar-refractivity contribution in [1.29, 1.82) is 0 Å². The van der Waals surface area contributed by atoms with E-state index in [1.807, 2.05) is 13.2 Å². The lowest BCUT2D eigenvalue weighted by Crippen LogP contribution is -2.58. The summed E-state index contributed by atoms with van der Waals surface area (Å²) in [6.45, 7) is 2.58. The van der Waals surface area contributed by atoms with Crippen molar-refractivity contribution in [2.75, 3.05) is 0 Å². The van der Waals surface area contributed by atoms with Gasteiger partial charge >= 0.3 is 0 Å². The molecule has 0 saturated heterocycles. The fraction of sp³-hybridized carbons (Fsp3) is 0.667. The number of carbonyl (C=O) groups excluding carboxylic acids is 1. The molecule has 5 nitrogen and oxygen atoms in total. The summed E-state index contributed by atoms with van der Waals surface area (Å²) in [5, 5.41) is 7.25. The van der Waals surface area contributed by atoms with Gasteiger partial charge in [0.05, 0.1) is 11.2 Å². The molecular weight excluding hydrogens is 216 g/mol. The number of carbonyl (C=O) groups is 1. The number of nitrogens with two attached hydrogens (primary N) is 1. The number of aromatic nitrogens is 2. The van der Waals surface area contributed by atoms with Gasteiger partial charge in [0, 0.05) is 25.4 Å². The smallest absolute Gasteiger partial charge is 0.240 e. The van der Waals surface area contributed by atoms with Crippen LogP contribution in [0.25, 0.3) is 0 Å². The Labute approximate surface area is 101 Å². The Balaban J connectivity index is 1.95. The van der Waals surface area contributed by atoms with E-state index in [-0.39, 0.29) is 5.91 Å². The standard InChI is InChI=1S/C12H20N4O/c1-3-10-9(8-16(2)15-10)7-14-11(17)12(13)5-4-6-12/h8H,3-7,13H2,1-2H3,(H,14,17).